The topological polar surface area (TPSA) is 32.8 Å². The van der Waals surface area contributed by atoms with Crippen LogP contribution in [-0.4, -0.2) is 61.6 Å². The van der Waals surface area contributed by atoms with Gasteiger partial charge < -0.3 is 9.64 Å². The Morgan fingerprint density at radius 2 is 1.83 bits per heavy atom. The molecule has 4 heteroatoms. The highest BCUT2D eigenvalue weighted by molar-refractivity contribution is 5.75. The molecule has 104 valence electrons. The van der Waals surface area contributed by atoms with E-state index in [0.29, 0.717) is 0 Å². The minimum absolute atomic E-state index is 0.0808. The number of esters is 1. The fourth-order valence-electron chi connectivity index (χ4n) is 3.17. The second kappa shape index (κ2) is 6.53. The lowest BCUT2D eigenvalue weighted by molar-refractivity contribution is -0.146. The summed E-state index contributed by atoms with van der Waals surface area (Å²) in [5.74, 6) is 0.720. The molecule has 0 aromatic heterocycles. The molecule has 2 saturated heterocycles. The van der Waals surface area contributed by atoms with E-state index < -0.39 is 0 Å². The zero-order valence-electron chi connectivity index (χ0n) is 11.7. The number of ether oxygens (including phenoxy) is 1. The van der Waals surface area contributed by atoms with E-state index in [0.717, 1.165) is 19.0 Å². The van der Waals surface area contributed by atoms with Gasteiger partial charge in [0, 0.05) is 6.54 Å². The lowest BCUT2D eigenvalue weighted by Gasteiger charge is -2.36. The molecule has 2 fully saturated rings. The summed E-state index contributed by atoms with van der Waals surface area (Å²) >= 11 is 0. The Hall–Kier alpha value is -0.610. The molecule has 0 amide bonds. The molecule has 4 nitrogen and oxygen atoms in total. The van der Waals surface area contributed by atoms with Gasteiger partial charge in [0.1, 0.15) is 6.04 Å². The molecule has 0 spiro atoms. The van der Waals surface area contributed by atoms with Gasteiger partial charge in [0.15, 0.2) is 0 Å². The number of carbonyl (C=O) groups excluding carboxylic acids is 1. The Balaban J connectivity index is 1.72. The first kappa shape index (κ1) is 13.8. The fraction of sp³-hybridized carbons (Fsp3) is 0.929. The summed E-state index contributed by atoms with van der Waals surface area (Å²) in [7, 11) is 1.47. The van der Waals surface area contributed by atoms with Crippen molar-refractivity contribution in [3.05, 3.63) is 0 Å². The molecule has 0 saturated carbocycles. The minimum Gasteiger partial charge on any atom is -0.468 e. The molecule has 0 bridgehead atoms. The van der Waals surface area contributed by atoms with Crippen LogP contribution in [-0.2, 0) is 9.53 Å². The van der Waals surface area contributed by atoms with E-state index in [2.05, 4.69) is 9.80 Å². The van der Waals surface area contributed by atoms with Gasteiger partial charge in [0.05, 0.1) is 7.11 Å². The zero-order chi connectivity index (χ0) is 13.0. The van der Waals surface area contributed by atoms with Crippen molar-refractivity contribution in [3.8, 4) is 0 Å². The molecule has 0 aromatic carbocycles. The molecule has 0 aromatic rings. The van der Waals surface area contributed by atoms with Crippen molar-refractivity contribution in [1.29, 1.82) is 0 Å². The van der Waals surface area contributed by atoms with E-state index in [-0.39, 0.29) is 12.0 Å². The summed E-state index contributed by atoms with van der Waals surface area (Å²) in [5.41, 5.74) is 0. The van der Waals surface area contributed by atoms with Gasteiger partial charge in [-0.15, -0.1) is 0 Å². The number of nitrogens with zero attached hydrogens (tertiary/aromatic N) is 2. The molecule has 18 heavy (non-hydrogen) atoms. The van der Waals surface area contributed by atoms with E-state index in [1.807, 2.05) is 6.92 Å². The predicted molar refractivity (Wildman–Crippen MR) is 71.4 cm³/mol. The lowest BCUT2D eigenvalue weighted by atomic mass is 9.95. The molecule has 0 radical (unpaired) electrons. The molecular weight excluding hydrogens is 228 g/mol. The monoisotopic (exact) mass is 254 g/mol. The normalized spacial score (nSPS) is 25.2. The zero-order valence-corrected chi connectivity index (χ0v) is 11.7. The van der Waals surface area contributed by atoms with Gasteiger partial charge in [0.25, 0.3) is 0 Å². The Kier molecular flexibility index (Phi) is 5.01. The van der Waals surface area contributed by atoms with Gasteiger partial charge in [-0.05, 0) is 64.7 Å². The van der Waals surface area contributed by atoms with Crippen molar-refractivity contribution in [1.82, 2.24) is 9.80 Å². The summed E-state index contributed by atoms with van der Waals surface area (Å²) in [5, 5.41) is 0. The van der Waals surface area contributed by atoms with Crippen LogP contribution in [0.15, 0.2) is 0 Å². The third-order valence-electron chi connectivity index (χ3n) is 4.45. The average Bonchev–Trinajstić information content (AvgIpc) is 2.91. The molecule has 1 atom stereocenters. The molecule has 2 heterocycles. The Bertz CT molecular complexity index is 269. The Morgan fingerprint density at radius 1 is 1.22 bits per heavy atom. The van der Waals surface area contributed by atoms with Gasteiger partial charge in [0.2, 0.25) is 0 Å². The number of piperidine rings is 1. The van der Waals surface area contributed by atoms with Gasteiger partial charge in [-0.2, -0.15) is 0 Å². The van der Waals surface area contributed by atoms with Crippen LogP contribution in [0.2, 0.25) is 0 Å². The molecule has 0 N–H and O–H groups in total. The number of hydrogen-bond donors (Lipinski definition) is 0. The molecular formula is C14H26N2O2. The summed E-state index contributed by atoms with van der Waals surface area (Å²) in [6, 6.07) is -0.0808. The summed E-state index contributed by atoms with van der Waals surface area (Å²) < 4.78 is 4.81. The standard InChI is InChI=1S/C14H26N2O2/c1-12(14(17)18-2)16-9-5-13(6-10-16)11-15-7-3-4-8-15/h12-13H,3-11H2,1-2H3. The van der Waals surface area contributed by atoms with Crippen LogP contribution in [0.25, 0.3) is 0 Å². The third-order valence-corrected chi connectivity index (χ3v) is 4.45. The molecule has 2 aliphatic rings. The summed E-state index contributed by atoms with van der Waals surface area (Å²) in [6.07, 6.45) is 5.19. The van der Waals surface area contributed by atoms with Gasteiger partial charge >= 0.3 is 5.97 Å². The number of methoxy groups -OCH3 is 1. The maximum atomic E-state index is 11.5. The van der Waals surface area contributed by atoms with Crippen molar-refractivity contribution in [2.24, 2.45) is 5.92 Å². The van der Waals surface area contributed by atoms with Crippen molar-refractivity contribution in [3.63, 3.8) is 0 Å². The van der Waals surface area contributed by atoms with Crippen LogP contribution >= 0.6 is 0 Å². The number of hydrogen-bond acceptors (Lipinski definition) is 4. The number of likely N-dealkylation sites (tertiary alicyclic amines) is 2. The van der Waals surface area contributed by atoms with Crippen LogP contribution in [0.5, 0.6) is 0 Å². The first-order chi connectivity index (χ1) is 8.70. The van der Waals surface area contributed by atoms with Crippen molar-refractivity contribution >= 4 is 5.97 Å². The maximum Gasteiger partial charge on any atom is 0.322 e. The van der Waals surface area contributed by atoms with E-state index in [1.54, 1.807) is 0 Å². The number of carbonyl (C=O) groups is 1. The Morgan fingerprint density at radius 3 is 2.39 bits per heavy atom. The molecule has 2 rings (SSSR count). The summed E-state index contributed by atoms with van der Waals surface area (Å²) in [4.78, 5) is 16.4. The van der Waals surface area contributed by atoms with Gasteiger partial charge in [-0.1, -0.05) is 0 Å². The Labute approximate surface area is 110 Å². The second-order valence-electron chi connectivity index (χ2n) is 5.69. The van der Waals surface area contributed by atoms with Gasteiger partial charge in [-0.25, -0.2) is 0 Å². The fourth-order valence-corrected chi connectivity index (χ4v) is 3.17. The largest absolute Gasteiger partial charge is 0.468 e. The van der Waals surface area contributed by atoms with Crippen LogP contribution in [0, 0.1) is 5.92 Å². The highest BCUT2D eigenvalue weighted by Gasteiger charge is 2.28. The SMILES string of the molecule is COC(=O)C(C)N1CCC(CN2CCCC2)CC1. The second-order valence-corrected chi connectivity index (χ2v) is 5.69. The van der Waals surface area contributed by atoms with Crippen molar-refractivity contribution in [2.45, 2.75) is 38.6 Å². The molecule has 1 unspecified atom stereocenters. The summed E-state index contributed by atoms with van der Waals surface area (Å²) in [6.45, 7) is 7.87. The minimum atomic E-state index is -0.104. The van der Waals surface area contributed by atoms with Crippen molar-refractivity contribution < 1.29 is 9.53 Å². The van der Waals surface area contributed by atoms with Gasteiger partial charge in [-0.3, -0.25) is 9.69 Å². The quantitative estimate of drug-likeness (QED) is 0.709. The third kappa shape index (κ3) is 3.45. The lowest BCUT2D eigenvalue weighted by Crippen LogP contribution is -2.45. The highest BCUT2D eigenvalue weighted by Crippen LogP contribution is 2.22. The first-order valence-corrected chi connectivity index (χ1v) is 7.25. The van der Waals surface area contributed by atoms with E-state index >= 15 is 0 Å². The first-order valence-electron chi connectivity index (χ1n) is 7.25. The number of rotatable bonds is 4. The van der Waals surface area contributed by atoms with Crippen LogP contribution in [0.1, 0.15) is 32.6 Å². The van der Waals surface area contributed by atoms with Crippen LogP contribution < -0.4 is 0 Å². The smallest absolute Gasteiger partial charge is 0.322 e. The van der Waals surface area contributed by atoms with E-state index in [9.17, 15) is 4.79 Å². The average molecular weight is 254 g/mol. The van der Waals surface area contributed by atoms with Crippen LogP contribution in [0.4, 0.5) is 0 Å². The van der Waals surface area contributed by atoms with Crippen LogP contribution in [0.3, 0.4) is 0 Å². The van der Waals surface area contributed by atoms with E-state index in [4.69, 9.17) is 4.74 Å². The van der Waals surface area contributed by atoms with Crippen molar-refractivity contribution in [2.75, 3.05) is 39.8 Å². The maximum absolute atomic E-state index is 11.5. The predicted octanol–water partition coefficient (Wildman–Crippen LogP) is 1.36. The molecule has 0 aliphatic carbocycles. The molecule has 2 aliphatic heterocycles. The van der Waals surface area contributed by atoms with E-state index in [1.165, 1.54) is 52.4 Å². The highest BCUT2D eigenvalue weighted by atomic mass is 16.5.